The number of unbranched alkanes of at least 4 members (excludes halogenated alkanes) is 10. The van der Waals surface area contributed by atoms with Crippen LogP contribution in [-0.2, 0) is 9.47 Å². The van der Waals surface area contributed by atoms with Crippen molar-refractivity contribution in [2.24, 2.45) is 5.92 Å². The van der Waals surface area contributed by atoms with E-state index in [-0.39, 0.29) is 12.1 Å². The van der Waals surface area contributed by atoms with E-state index in [2.05, 4.69) is 20.8 Å². The van der Waals surface area contributed by atoms with E-state index in [0.29, 0.717) is 23.7 Å². The highest BCUT2D eigenvalue weighted by Crippen LogP contribution is 2.14. The zero-order chi connectivity index (χ0) is 22.9. The summed E-state index contributed by atoms with van der Waals surface area (Å²) < 4.78 is 10.9. The average Bonchev–Trinajstić information content (AvgIpc) is 2.73. The first-order chi connectivity index (χ1) is 14.9. The van der Waals surface area contributed by atoms with Crippen molar-refractivity contribution in [1.82, 2.24) is 0 Å². The Bertz CT molecular complexity index is 623. The van der Waals surface area contributed by atoms with Crippen LogP contribution in [0.15, 0.2) is 24.3 Å². The summed E-state index contributed by atoms with van der Waals surface area (Å²) in [5, 5.41) is 0. The van der Waals surface area contributed by atoms with Crippen molar-refractivity contribution >= 4 is 11.9 Å². The van der Waals surface area contributed by atoms with Gasteiger partial charge in [0, 0.05) is 0 Å². The minimum absolute atomic E-state index is 0.149. The number of hydrogen-bond acceptors (Lipinski definition) is 4. The smallest absolute Gasteiger partial charge is 0.338 e. The first-order valence-electron chi connectivity index (χ1n) is 12.4. The maximum Gasteiger partial charge on any atom is 0.338 e. The van der Waals surface area contributed by atoms with Crippen LogP contribution in [0, 0.1) is 5.92 Å². The summed E-state index contributed by atoms with van der Waals surface area (Å²) in [5.41, 5.74) is 0.786. The quantitative estimate of drug-likeness (QED) is 0.186. The van der Waals surface area contributed by atoms with Crippen molar-refractivity contribution < 1.29 is 19.1 Å². The van der Waals surface area contributed by atoms with Crippen LogP contribution in [0.5, 0.6) is 0 Å². The molecule has 0 heterocycles. The van der Waals surface area contributed by atoms with Gasteiger partial charge in [-0.05, 0) is 43.9 Å². The lowest BCUT2D eigenvalue weighted by molar-refractivity contribution is 0.0299. The maximum atomic E-state index is 12.3. The second kappa shape index (κ2) is 16.8. The summed E-state index contributed by atoms with van der Waals surface area (Å²) in [6, 6.07) is 6.61. The molecule has 0 aromatic heterocycles. The molecule has 1 atom stereocenters. The lowest BCUT2D eigenvalue weighted by Crippen LogP contribution is -2.17. The van der Waals surface area contributed by atoms with Crippen LogP contribution in [-0.4, -0.2) is 24.6 Å². The Morgan fingerprint density at radius 1 is 0.774 bits per heavy atom. The van der Waals surface area contributed by atoms with E-state index in [4.69, 9.17) is 9.47 Å². The van der Waals surface area contributed by atoms with Crippen molar-refractivity contribution in [2.45, 2.75) is 111 Å². The number of carbonyl (C=O) groups excluding carboxylic acids is 2. The molecule has 0 aliphatic rings. The fourth-order valence-electron chi connectivity index (χ4n) is 3.75. The van der Waals surface area contributed by atoms with Gasteiger partial charge in [0.15, 0.2) is 0 Å². The Morgan fingerprint density at radius 2 is 1.29 bits per heavy atom. The van der Waals surface area contributed by atoms with E-state index in [0.717, 1.165) is 19.3 Å². The molecule has 0 bridgehead atoms. The van der Waals surface area contributed by atoms with Crippen LogP contribution in [0.2, 0.25) is 0 Å². The third-order valence-electron chi connectivity index (χ3n) is 5.43. The van der Waals surface area contributed by atoms with Gasteiger partial charge in [0.2, 0.25) is 0 Å². The molecule has 4 heteroatoms. The van der Waals surface area contributed by atoms with Gasteiger partial charge in [0.05, 0.1) is 23.8 Å². The second-order valence-electron chi connectivity index (χ2n) is 9.10. The third-order valence-corrected chi connectivity index (χ3v) is 5.43. The predicted molar refractivity (Wildman–Crippen MR) is 128 cm³/mol. The molecule has 0 aliphatic heterocycles. The Balaban J connectivity index is 2.20. The number of benzene rings is 1. The summed E-state index contributed by atoms with van der Waals surface area (Å²) in [6.07, 6.45) is 14.5. The van der Waals surface area contributed by atoms with Crippen molar-refractivity contribution in [1.29, 1.82) is 0 Å². The molecule has 1 unspecified atom stereocenters. The summed E-state index contributed by atoms with van der Waals surface area (Å²) in [7, 11) is 0. The molecule has 0 saturated carbocycles. The summed E-state index contributed by atoms with van der Waals surface area (Å²) in [4.78, 5) is 24.6. The van der Waals surface area contributed by atoms with Crippen LogP contribution in [0.3, 0.4) is 0 Å². The molecule has 176 valence electrons. The predicted octanol–water partition coefficient (Wildman–Crippen LogP) is 7.75. The lowest BCUT2D eigenvalue weighted by Gasteiger charge is -2.15. The highest BCUT2D eigenvalue weighted by atomic mass is 16.5. The highest BCUT2D eigenvalue weighted by Gasteiger charge is 2.15. The van der Waals surface area contributed by atoms with E-state index in [1.165, 1.54) is 57.8 Å². The fourth-order valence-corrected chi connectivity index (χ4v) is 3.75. The Kier molecular flexibility index (Phi) is 14.7. The molecule has 1 aromatic rings. The molecule has 0 spiro atoms. The van der Waals surface area contributed by atoms with Gasteiger partial charge in [-0.1, -0.05) is 91.0 Å². The molecule has 0 fully saturated rings. The van der Waals surface area contributed by atoms with Gasteiger partial charge < -0.3 is 9.47 Å². The molecule has 0 aliphatic carbocycles. The topological polar surface area (TPSA) is 52.6 Å². The van der Waals surface area contributed by atoms with Crippen LogP contribution >= 0.6 is 0 Å². The van der Waals surface area contributed by atoms with E-state index < -0.39 is 5.97 Å². The zero-order valence-corrected chi connectivity index (χ0v) is 20.3. The van der Waals surface area contributed by atoms with E-state index in [1.54, 1.807) is 24.3 Å². The minimum Gasteiger partial charge on any atom is -0.462 e. The van der Waals surface area contributed by atoms with Crippen LogP contribution in [0.25, 0.3) is 0 Å². The van der Waals surface area contributed by atoms with Crippen molar-refractivity contribution in [2.75, 3.05) is 6.61 Å². The molecule has 31 heavy (non-hydrogen) atoms. The third kappa shape index (κ3) is 13.2. The summed E-state index contributed by atoms with van der Waals surface area (Å²) in [5.74, 6) is -0.315. The van der Waals surface area contributed by atoms with Crippen molar-refractivity contribution in [3.63, 3.8) is 0 Å². The van der Waals surface area contributed by atoms with Gasteiger partial charge >= 0.3 is 11.9 Å². The molecule has 0 N–H and O–H groups in total. The lowest BCUT2D eigenvalue weighted by atomic mass is 10.1. The zero-order valence-electron chi connectivity index (χ0n) is 20.3. The first-order valence-corrected chi connectivity index (χ1v) is 12.4. The van der Waals surface area contributed by atoms with Crippen LogP contribution in [0.1, 0.15) is 125 Å². The molecule has 1 rings (SSSR count). The van der Waals surface area contributed by atoms with Gasteiger partial charge in [-0.25, -0.2) is 9.59 Å². The van der Waals surface area contributed by atoms with E-state index in [1.807, 2.05) is 6.92 Å². The van der Waals surface area contributed by atoms with E-state index >= 15 is 0 Å². The molecular formula is C27H44O4. The highest BCUT2D eigenvalue weighted by molar-refractivity contribution is 5.95. The summed E-state index contributed by atoms with van der Waals surface area (Å²) in [6.45, 7) is 8.76. The van der Waals surface area contributed by atoms with Gasteiger partial charge in [0.1, 0.15) is 0 Å². The van der Waals surface area contributed by atoms with Gasteiger partial charge in [-0.15, -0.1) is 0 Å². The fraction of sp³-hybridized carbons (Fsp3) is 0.704. The number of hydrogen-bond donors (Lipinski definition) is 0. The van der Waals surface area contributed by atoms with Crippen LogP contribution in [0.4, 0.5) is 0 Å². The van der Waals surface area contributed by atoms with Gasteiger partial charge in [0.25, 0.3) is 0 Å². The van der Waals surface area contributed by atoms with E-state index in [9.17, 15) is 9.59 Å². The number of carbonyl (C=O) groups is 2. The molecule has 4 nitrogen and oxygen atoms in total. The number of esters is 2. The minimum atomic E-state index is -0.395. The molecule has 0 radical (unpaired) electrons. The molecule has 1 aromatic carbocycles. The maximum absolute atomic E-state index is 12.3. The Morgan fingerprint density at radius 3 is 1.84 bits per heavy atom. The Labute approximate surface area is 190 Å². The monoisotopic (exact) mass is 432 g/mol. The normalized spacial score (nSPS) is 12.0. The number of rotatable bonds is 17. The van der Waals surface area contributed by atoms with Gasteiger partial charge in [-0.2, -0.15) is 0 Å². The number of ether oxygens (including phenoxy) is 2. The summed E-state index contributed by atoms with van der Waals surface area (Å²) >= 11 is 0. The first kappa shape index (κ1) is 27.2. The largest absolute Gasteiger partial charge is 0.462 e. The molecule has 0 amide bonds. The van der Waals surface area contributed by atoms with Crippen LogP contribution < -0.4 is 0 Å². The van der Waals surface area contributed by atoms with Crippen molar-refractivity contribution in [3.05, 3.63) is 35.4 Å². The SMILES string of the molecule is CCCCCCCCCCCCCOC(=O)c1cccc(C(=O)OC(C)CC(C)C)c1. The molecular weight excluding hydrogens is 388 g/mol. The standard InChI is InChI=1S/C27H44O4/c1-5-6-7-8-9-10-11-12-13-14-15-19-30-26(28)24-17-16-18-25(21-24)27(29)31-23(4)20-22(2)3/h16-18,21-23H,5-15,19-20H2,1-4H3. The molecule has 0 saturated heterocycles. The second-order valence-corrected chi connectivity index (χ2v) is 9.10. The Hall–Kier alpha value is -1.84. The average molecular weight is 433 g/mol. The van der Waals surface area contributed by atoms with Crippen molar-refractivity contribution in [3.8, 4) is 0 Å². The van der Waals surface area contributed by atoms with Gasteiger partial charge in [-0.3, -0.25) is 0 Å².